The number of esters is 1. The van der Waals surface area contributed by atoms with E-state index in [1.807, 2.05) is 6.08 Å². The van der Waals surface area contributed by atoms with E-state index in [1.165, 1.54) is 289 Å². The number of hydrogen-bond acceptors (Lipinski definition) is 5. The number of ether oxygens (including phenoxy) is 1. The summed E-state index contributed by atoms with van der Waals surface area (Å²) in [6.45, 7) is 4.90. The molecule has 0 fully saturated rings. The molecule has 0 saturated heterocycles. The number of carbonyl (C=O) groups is 2. The molecule has 2 unspecified atom stereocenters. The molecule has 0 rings (SSSR count). The van der Waals surface area contributed by atoms with Crippen LogP contribution in [-0.2, 0) is 14.3 Å². The molecule has 6 heteroatoms. The van der Waals surface area contributed by atoms with Crippen LogP contribution in [0.1, 0.15) is 373 Å². The van der Waals surface area contributed by atoms with E-state index in [0.29, 0.717) is 19.4 Å². The van der Waals surface area contributed by atoms with Gasteiger partial charge >= 0.3 is 5.97 Å². The van der Waals surface area contributed by atoms with Crippen LogP contribution in [0.4, 0.5) is 0 Å². The fraction of sp³-hybridized carbons (Fsp3) is 0.838. The third-order valence-corrected chi connectivity index (χ3v) is 16.3. The molecule has 0 aliphatic heterocycles. The van der Waals surface area contributed by atoms with Gasteiger partial charge in [0.25, 0.3) is 0 Å². The Morgan fingerprint density at radius 2 is 0.625 bits per heavy atom. The van der Waals surface area contributed by atoms with Gasteiger partial charge in [-0.25, -0.2) is 0 Å². The Balaban J connectivity index is 3.47. The van der Waals surface area contributed by atoms with E-state index < -0.39 is 12.1 Å². The van der Waals surface area contributed by atoms with Crippen LogP contribution in [0.25, 0.3) is 0 Å². The Kier molecular flexibility index (Phi) is 66.9. The molecule has 0 spiro atoms. The Bertz CT molecular complexity index is 1380. The van der Waals surface area contributed by atoms with Crippen LogP contribution in [0, 0.1) is 0 Å². The Morgan fingerprint density at radius 1 is 0.350 bits per heavy atom. The second kappa shape index (κ2) is 69.1. The van der Waals surface area contributed by atoms with Crippen molar-refractivity contribution in [1.29, 1.82) is 0 Å². The molecule has 0 aromatic heterocycles. The highest BCUT2D eigenvalue weighted by Crippen LogP contribution is 2.18. The molecule has 0 aromatic carbocycles. The van der Waals surface area contributed by atoms with Gasteiger partial charge in [-0.1, -0.05) is 325 Å². The monoisotopic (exact) mass is 1120 g/mol. The lowest BCUT2D eigenvalue weighted by molar-refractivity contribution is -0.143. The van der Waals surface area contributed by atoms with Crippen LogP contribution < -0.4 is 5.32 Å². The van der Waals surface area contributed by atoms with Crippen molar-refractivity contribution in [3.8, 4) is 0 Å². The summed E-state index contributed by atoms with van der Waals surface area (Å²) in [6.07, 6.45) is 91.5. The van der Waals surface area contributed by atoms with E-state index in [-0.39, 0.29) is 18.5 Å². The average molecular weight is 1120 g/mol. The molecule has 80 heavy (non-hydrogen) atoms. The summed E-state index contributed by atoms with van der Waals surface area (Å²) in [5, 5.41) is 23.3. The number of aliphatic hydroxyl groups is 2. The first-order valence-electron chi connectivity index (χ1n) is 35.6. The molecule has 3 N–H and O–H groups in total. The number of unbranched alkanes of at least 4 members (excludes halogenated alkanes) is 47. The zero-order chi connectivity index (χ0) is 57.8. The van der Waals surface area contributed by atoms with Gasteiger partial charge in [0.15, 0.2) is 0 Å². The third kappa shape index (κ3) is 64.7. The largest absolute Gasteiger partial charge is 0.466 e. The maximum atomic E-state index is 12.5. The summed E-state index contributed by atoms with van der Waals surface area (Å²) in [7, 11) is 0. The average Bonchev–Trinajstić information content (AvgIpc) is 3.46. The van der Waals surface area contributed by atoms with Gasteiger partial charge in [-0.15, -0.1) is 0 Å². The minimum absolute atomic E-state index is 0.00497. The Hall–Kier alpha value is -2.44. The molecule has 0 bridgehead atoms. The molecular weight excluding hydrogens is 983 g/mol. The molecule has 468 valence electrons. The zero-order valence-corrected chi connectivity index (χ0v) is 53.6. The van der Waals surface area contributed by atoms with Crippen LogP contribution >= 0.6 is 0 Å². The first kappa shape index (κ1) is 77.6. The molecule has 2 atom stereocenters. The summed E-state index contributed by atoms with van der Waals surface area (Å²) in [5.41, 5.74) is 0. The van der Waals surface area contributed by atoms with Gasteiger partial charge in [-0.3, -0.25) is 9.59 Å². The number of aliphatic hydroxyl groups excluding tert-OH is 2. The van der Waals surface area contributed by atoms with Gasteiger partial charge in [0.1, 0.15) is 0 Å². The number of carbonyl (C=O) groups excluding carboxylic acids is 2. The van der Waals surface area contributed by atoms with Gasteiger partial charge in [0, 0.05) is 12.8 Å². The number of rotatable bonds is 66. The van der Waals surface area contributed by atoms with Crippen LogP contribution in [-0.4, -0.2) is 47.4 Å². The fourth-order valence-electron chi connectivity index (χ4n) is 10.8. The molecule has 0 aromatic rings. The van der Waals surface area contributed by atoms with Crippen molar-refractivity contribution in [3.05, 3.63) is 60.8 Å². The van der Waals surface area contributed by atoms with Crippen molar-refractivity contribution in [2.75, 3.05) is 13.2 Å². The van der Waals surface area contributed by atoms with E-state index in [0.717, 1.165) is 57.8 Å². The molecular formula is C74H137NO5. The highest BCUT2D eigenvalue weighted by atomic mass is 16.5. The lowest BCUT2D eigenvalue weighted by Gasteiger charge is -2.20. The van der Waals surface area contributed by atoms with E-state index >= 15 is 0 Å². The number of nitrogens with one attached hydrogen (secondary N) is 1. The van der Waals surface area contributed by atoms with Gasteiger partial charge in [0.2, 0.25) is 5.91 Å². The standard InChI is InChI=1S/C74H137NO5/c1-3-5-7-9-11-13-15-17-19-21-22-23-29-32-35-38-42-46-50-54-58-62-66-72(77)71(70-76)75-73(78)67-63-59-55-51-47-43-39-36-33-30-27-25-24-26-28-31-34-37-41-45-49-53-57-61-65-69-80-74(79)68-64-60-56-52-48-44-40-20-18-16-14-12-10-8-6-4-2/h14,16,20,25-28,40,62,66,71-72,76-77H,3-13,15,17-19,21-24,29-39,41-61,63-65,67-70H2,1-2H3,(H,75,78)/b16-14-,27-25-,28-26-,40-20-,66-62+. The summed E-state index contributed by atoms with van der Waals surface area (Å²) in [6, 6.07) is -0.635. The molecule has 1 amide bonds. The second-order valence-electron chi connectivity index (χ2n) is 24.2. The van der Waals surface area contributed by atoms with E-state index in [4.69, 9.17) is 4.74 Å². The normalized spacial score (nSPS) is 12.9. The summed E-state index contributed by atoms with van der Waals surface area (Å²) < 4.78 is 5.48. The number of amides is 1. The highest BCUT2D eigenvalue weighted by Gasteiger charge is 2.18. The number of allylic oxidation sites excluding steroid dienone is 9. The van der Waals surface area contributed by atoms with E-state index in [9.17, 15) is 19.8 Å². The number of hydrogen-bond donors (Lipinski definition) is 3. The van der Waals surface area contributed by atoms with Crippen LogP contribution in [0.5, 0.6) is 0 Å². The fourth-order valence-corrected chi connectivity index (χ4v) is 10.8. The zero-order valence-electron chi connectivity index (χ0n) is 53.6. The maximum absolute atomic E-state index is 12.5. The summed E-state index contributed by atoms with van der Waals surface area (Å²) in [5.74, 6) is -0.0766. The molecule has 0 heterocycles. The van der Waals surface area contributed by atoms with Gasteiger partial charge in [0.05, 0.1) is 25.4 Å². The molecule has 0 saturated carbocycles. The topological polar surface area (TPSA) is 95.9 Å². The van der Waals surface area contributed by atoms with Crippen molar-refractivity contribution < 1.29 is 24.5 Å². The first-order chi connectivity index (χ1) is 39.5. The van der Waals surface area contributed by atoms with Crippen molar-refractivity contribution >= 4 is 11.9 Å². The Labute approximate surface area is 499 Å². The lowest BCUT2D eigenvalue weighted by Crippen LogP contribution is -2.45. The lowest BCUT2D eigenvalue weighted by atomic mass is 10.0. The van der Waals surface area contributed by atoms with Crippen LogP contribution in [0.15, 0.2) is 60.8 Å². The predicted octanol–water partition coefficient (Wildman–Crippen LogP) is 23.0. The van der Waals surface area contributed by atoms with E-state index in [2.05, 4.69) is 67.8 Å². The van der Waals surface area contributed by atoms with Gasteiger partial charge in [-0.05, 0) is 96.3 Å². The quantitative estimate of drug-likeness (QED) is 0.0320. The third-order valence-electron chi connectivity index (χ3n) is 16.3. The minimum atomic E-state index is -0.851. The van der Waals surface area contributed by atoms with Crippen LogP contribution in [0.3, 0.4) is 0 Å². The van der Waals surface area contributed by atoms with Gasteiger partial charge < -0.3 is 20.3 Å². The first-order valence-corrected chi connectivity index (χ1v) is 35.6. The second-order valence-corrected chi connectivity index (χ2v) is 24.2. The molecule has 6 nitrogen and oxygen atoms in total. The molecule has 0 aliphatic carbocycles. The summed E-state index contributed by atoms with van der Waals surface area (Å²) >= 11 is 0. The summed E-state index contributed by atoms with van der Waals surface area (Å²) in [4.78, 5) is 24.6. The maximum Gasteiger partial charge on any atom is 0.305 e. The molecule has 0 aliphatic rings. The van der Waals surface area contributed by atoms with E-state index in [1.54, 1.807) is 6.08 Å². The minimum Gasteiger partial charge on any atom is -0.466 e. The smallest absolute Gasteiger partial charge is 0.305 e. The van der Waals surface area contributed by atoms with Crippen molar-refractivity contribution in [2.45, 2.75) is 386 Å². The van der Waals surface area contributed by atoms with Crippen LogP contribution in [0.2, 0.25) is 0 Å². The van der Waals surface area contributed by atoms with Gasteiger partial charge in [-0.2, -0.15) is 0 Å². The van der Waals surface area contributed by atoms with Crippen molar-refractivity contribution in [2.24, 2.45) is 0 Å². The van der Waals surface area contributed by atoms with Crippen molar-refractivity contribution in [3.63, 3.8) is 0 Å². The SMILES string of the molecule is CCCCCC/C=C\C/C=C\CCCCCCCC(=O)OCCCCCCCCCCC/C=C\C/C=C\CCCCCCCCCCCC(=O)NC(CO)C(O)/C=C/CCCCCCCCCCCCCCCCCCCCCC. The highest BCUT2D eigenvalue weighted by molar-refractivity contribution is 5.76. The molecule has 0 radical (unpaired) electrons. The predicted molar refractivity (Wildman–Crippen MR) is 352 cm³/mol. The Morgan fingerprint density at radius 3 is 0.963 bits per heavy atom. The van der Waals surface area contributed by atoms with Crippen molar-refractivity contribution in [1.82, 2.24) is 5.32 Å².